The molecular weight excluding hydrogens is 1140 g/mol. The first-order chi connectivity index (χ1) is 41.4. The highest BCUT2D eigenvalue weighted by atomic mass is 32.2. The van der Waals surface area contributed by atoms with Crippen LogP contribution in [0.4, 0.5) is 28.7 Å². The van der Waals surface area contributed by atoms with Gasteiger partial charge in [-0.2, -0.15) is 5.10 Å². The molecule has 5 aromatic rings. The van der Waals surface area contributed by atoms with E-state index in [2.05, 4.69) is 62.6 Å². The van der Waals surface area contributed by atoms with E-state index in [1.807, 2.05) is 12.1 Å². The predicted molar refractivity (Wildman–Crippen MR) is 306 cm³/mol. The van der Waals surface area contributed by atoms with Gasteiger partial charge in [-0.1, -0.05) is 12.1 Å². The summed E-state index contributed by atoms with van der Waals surface area (Å²) in [5.41, 5.74) is 7.24. The minimum Gasteiger partial charge on any atom is -0.544 e. The monoisotopic (exact) mass is 1200 g/mol. The number of carbonyl (C=O) groups is 10. The molecule has 9 N–H and O–H groups in total. The number of aromatic nitrogens is 5. The third-order valence-electron chi connectivity index (χ3n) is 14.8. The van der Waals surface area contributed by atoms with Crippen LogP contribution in [-0.2, 0) is 51.9 Å². The normalized spacial score (nSPS) is 17.4. The number of aryl methyl sites for hydroxylation is 1. The van der Waals surface area contributed by atoms with E-state index in [9.17, 15) is 53.1 Å². The molecule has 3 fully saturated rings. The van der Waals surface area contributed by atoms with Crippen molar-refractivity contribution >= 4 is 99.6 Å². The maximum Gasteiger partial charge on any atom is 0.255 e. The zero-order chi connectivity index (χ0) is 61.2. The largest absolute Gasteiger partial charge is 0.544 e. The van der Waals surface area contributed by atoms with Gasteiger partial charge in [-0.3, -0.25) is 58.0 Å². The van der Waals surface area contributed by atoms with Crippen LogP contribution in [0, 0.1) is 0 Å². The van der Waals surface area contributed by atoms with E-state index >= 15 is 0 Å². The van der Waals surface area contributed by atoms with Crippen molar-refractivity contribution in [2.75, 3.05) is 87.9 Å². The second-order valence-electron chi connectivity index (χ2n) is 20.5. The summed E-state index contributed by atoms with van der Waals surface area (Å²) in [7, 11) is 4.75. The maximum absolute atomic E-state index is 14.5. The number of nitrogens with one attached hydrogen (secondary N) is 6. The first kappa shape index (κ1) is 61.0. The molecule has 0 aliphatic carbocycles. The van der Waals surface area contributed by atoms with E-state index in [-0.39, 0.29) is 118 Å². The van der Waals surface area contributed by atoms with Gasteiger partial charge in [0.15, 0.2) is 11.6 Å². The van der Waals surface area contributed by atoms with Crippen molar-refractivity contribution in [1.29, 1.82) is 0 Å². The molecule has 2 aromatic carbocycles. The Balaban J connectivity index is 0.835. The minimum absolute atomic E-state index is 0.00714. The maximum atomic E-state index is 14.5. The lowest BCUT2D eigenvalue weighted by Crippen LogP contribution is -2.69. The van der Waals surface area contributed by atoms with Gasteiger partial charge in [-0.15, -0.1) is 11.8 Å². The van der Waals surface area contributed by atoms with Crippen molar-refractivity contribution in [2.24, 2.45) is 7.05 Å². The average molecular weight is 1200 g/mol. The number of nitrogens with zero attached hydrogens (tertiary/aromatic N) is 9. The molecule has 4 aliphatic rings. The Hall–Kier alpha value is -9.55. The Morgan fingerprint density at radius 3 is 2.37 bits per heavy atom. The van der Waals surface area contributed by atoms with Crippen LogP contribution in [0.25, 0.3) is 11.4 Å². The number of thioether (sulfide) groups is 1. The minimum atomic E-state index is -1.35. The highest BCUT2D eigenvalue weighted by Crippen LogP contribution is 2.38. The number of quaternary nitrogens is 1. The number of hydrogen-bond acceptors (Lipinski definition) is 21. The molecule has 29 nitrogen and oxygen atoms in total. The second-order valence-corrected chi connectivity index (χ2v) is 21.7. The molecule has 0 saturated carbocycles. The molecule has 452 valence electrons. The summed E-state index contributed by atoms with van der Waals surface area (Å²) in [6.07, 6.45) is 4.40. The first-order valence-electron chi connectivity index (χ1n) is 27.6. The summed E-state index contributed by atoms with van der Waals surface area (Å²) in [5, 5.41) is 31.6. The average Bonchev–Trinajstić information content (AvgIpc) is 3.54. The molecule has 3 aromatic heterocycles. The number of piperidine rings is 1. The number of amides is 9. The van der Waals surface area contributed by atoms with Crippen molar-refractivity contribution < 1.29 is 68.3 Å². The van der Waals surface area contributed by atoms with Crippen LogP contribution >= 0.6 is 11.8 Å². The number of carbonyl (C=O) groups excluding carboxylic acids is 10. The molecule has 7 heterocycles. The van der Waals surface area contributed by atoms with E-state index in [1.54, 1.807) is 53.3 Å². The van der Waals surface area contributed by atoms with Crippen LogP contribution in [0.3, 0.4) is 0 Å². The Morgan fingerprint density at radius 1 is 0.895 bits per heavy atom. The molecule has 4 aliphatic heterocycles. The van der Waals surface area contributed by atoms with Crippen LogP contribution in [0.1, 0.15) is 68.7 Å². The number of pyridine rings is 2. The lowest BCUT2D eigenvalue weighted by atomic mass is 10.0. The van der Waals surface area contributed by atoms with Gasteiger partial charge in [0.2, 0.25) is 35.4 Å². The number of piperazine rings is 1. The zero-order valence-corrected chi connectivity index (χ0v) is 48.1. The van der Waals surface area contributed by atoms with Crippen molar-refractivity contribution in [2.45, 2.75) is 62.0 Å². The highest BCUT2D eigenvalue weighted by molar-refractivity contribution is 8.00. The number of carboxylic acid groups (broad SMARTS) is 1. The Kier molecular flexibility index (Phi) is 19.5. The molecule has 3 unspecified atom stereocenters. The summed E-state index contributed by atoms with van der Waals surface area (Å²) in [6, 6.07) is 12.4. The number of rotatable bonds is 25. The summed E-state index contributed by atoms with van der Waals surface area (Å²) >= 11 is 1.03. The number of carboxylic acids is 1. The standard InChI is InChI=1S/C56H64N16O13S/c1-58-51(77)34-27-61-44(24-39(34)63-37-8-4-7-33(48(37)84-3)49-62-30-68(2)67-49)65-43-12-10-31(26-60-43)50(76)64-38(14-16-59-45(73)15-22-85-23-21-71-47(75)25-42(55(71)81)86-29-36(57)56(82)83)54(80)70-19-17-69(18-20-70)40-9-5-6-32-35(40)28-72(53(32)79)41-11-13-46(74)66-52(41)78/h4-10,12,24,26-27,30,36,38,41-42H,11,13-23,25,28-29,57H2,1-3H3,(H,58,77)(H,59,73)(H,64,76)(H,82,83)(H,66,74,78)(H2,60,61,63,65)/t36?,38-,41?,42?/m0/s1. The molecule has 30 heteroatoms. The molecule has 0 radical (unpaired) electrons. The van der Waals surface area contributed by atoms with E-state index in [0.29, 0.717) is 47.2 Å². The van der Waals surface area contributed by atoms with Gasteiger partial charge < -0.3 is 66.4 Å². The van der Waals surface area contributed by atoms with Gasteiger partial charge in [0.05, 0.1) is 71.9 Å². The summed E-state index contributed by atoms with van der Waals surface area (Å²) < 4.78 is 12.9. The highest BCUT2D eigenvalue weighted by Gasteiger charge is 2.42. The quantitative estimate of drug-likeness (QED) is 0.0257. The molecule has 4 atom stereocenters. The van der Waals surface area contributed by atoms with Gasteiger partial charge in [0.1, 0.15) is 36.1 Å². The molecule has 9 rings (SSSR count). The predicted octanol–water partition coefficient (Wildman–Crippen LogP) is -1.53. The van der Waals surface area contributed by atoms with Crippen molar-refractivity contribution in [1.82, 2.24) is 60.7 Å². The lowest BCUT2D eigenvalue weighted by Gasteiger charge is -2.38. The van der Waals surface area contributed by atoms with Gasteiger partial charge in [0.25, 0.3) is 17.7 Å². The lowest BCUT2D eigenvalue weighted by molar-refractivity contribution is -0.431. The van der Waals surface area contributed by atoms with Crippen molar-refractivity contribution in [3.8, 4) is 17.1 Å². The number of fused-ring (bicyclic) bond motifs is 1. The van der Waals surface area contributed by atoms with E-state index in [1.165, 1.54) is 43.6 Å². The third kappa shape index (κ3) is 14.2. The second kappa shape index (κ2) is 27.4. The smallest absolute Gasteiger partial charge is 0.255 e. The van der Waals surface area contributed by atoms with Gasteiger partial charge >= 0.3 is 0 Å². The van der Waals surface area contributed by atoms with Crippen molar-refractivity contribution in [3.05, 3.63) is 95.6 Å². The molecule has 9 amide bonds. The Labute approximate surface area is 496 Å². The van der Waals surface area contributed by atoms with Crippen LogP contribution in [-0.4, -0.2) is 194 Å². The van der Waals surface area contributed by atoms with Gasteiger partial charge in [-0.25, -0.2) is 15.0 Å². The van der Waals surface area contributed by atoms with Crippen LogP contribution in [0.15, 0.2) is 73.3 Å². The summed E-state index contributed by atoms with van der Waals surface area (Å²) in [5.74, 6) is -3.90. The summed E-state index contributed by atoms with van der Waals surface area (Å²) in [4.78, 5) is 149. The Morgan fingerprint density at radius 2 is 1.66 bits per heavy atom. The number of ether oxygens (including phenoxy) is 2. The number of benzene rings is 2. The van der Waals surface area contributed by atoms with Crippen LogP contribution < -0.4 is 52.4 Å². The number of hydrogen-bond donors (Lipinski definition) is 7. The number of para-hydroxylation sites is 1. The van der Waals surface area contributed by atoms with E-state index < -0.39 is 70.7 Å². The number of imide groups is 2. The molecule has 86 heavy (non-hydrogen) atoms. The molecule has 3 saturated heterocycles. The number of methoxy groups -OCH3 is 1. The number of aliphatic carboxylic acids is 1. The molecule has 0 spiro atoms. The van der Waals surface area contributed by atoms with Gasteiger partial charge in [-0.05, 0) is 49.2 Å². The van der Waals surface area contributed by atoms with Crippen LogP contribution in [0.2, 0.25) is 0 Å². The third-order valence-corrected chi connectivity index (χ3v) is 16.2. The number of anilines is 5. The fraction of sp³-hybridized carbons (Fsp3) is 0.393. The van der Waals surface area contributed by atoms with E-state index in [0.717, 1.165) is 27.9 Å². The summed E-state index contributed by atoms with van der Waals surface area (Å²) in [6.45, 7) is 1.15. The zero-order valence-electron chi connectivity index (χ0n) is 47.3. The SMILES string of the molecule is CNC(=O)c1cnc(Nc2ccc(C(=O)N[C@@H](CCNC(=O)CCOCCN3C(=O)CC(SCC([NH3+])C(=O)[O-])C3=O)C(=O)N3CCN(c4cccc5c4CN(C4CCC(=O)NC4=O)C5=O)CC3)cn2)cc1Nc1cccc(-c2ncn(C)n2)c1OC. The molecular formula is C56H64N16O13S. The topological polar surface area (TPSA) is 381 Å². The van der Waals surface area contributed by atoms with E-state index in [4.69, 9.17) is 9.47 Å². The fourth-order valence-electron chi connectivity index (χ4n) is 10.3. The number of likely N-dealkylation sites (tertiary alicyclic amines) is 1. The van der Waals surface area contributed by atoms with Crippen LogP contribution in [0.5, 0.6) is 5.75 Å². The Bertz CT molecular complexity index is 3450. The van der Waals surface area contributed by atoms with Crippen molar-refractivity contribution in [3.63, 3.8) is 0 Å². The fourth-order valence-corrected chi connectivity index (χ4v) is 11.4. The van der Waals surface area contributed by atoms with Gasteiger partial charge in [0, 0.05) is 108 Å². The first-order valence-corrected chi connectivity index (χ1v) is 28.7. The molecule has 0 bridgehead atoms.